The first-order valence-electron chi connectivity index (χ1n) is 9.39. The van der Waals surface area contributed by atoms with Crippen molar-refractivity contribution in [2.24, 2.45) is 10.9 Å². The summed E-state index contributed by atoms with van der Waals surface area (Å²) in [6.07, 6.45) is 4.80. The number of oxazole rings is 1. The maximum absolute atomic E-state index is 13.0. The number of halogens is 1. The van der Waals surface area contributed by atoms with Crippen LogP contribution in [0.5, 0.6) is 0 Å². The normalized spacial score (nSPS) is 16.1. The first-order valence-corrected chi connectivity index (χ1v) is 9.39. The molecule has 1 fully saturated rings. The molecule has 0 radical (unpaired) electrons. The van der Waals surface area contributed by atoms with E-state index in [2.05, 4.69) is 29.0 Å². The summed E-state index contributed by atoms with van der Waals surface area (Å²) < 4.78 is 18.5. The minimum Gasteiger partial charge on any atom is -0.444 e. The minimum atomic E-state index is -0.266. The Hall–Kier alpha value is -2.37. The fourth-order valence-corrected chi connectivity index (χ4v) is 3.07. The van der Waals surface area contributed by atoms with Crippen LogP contribution in [0.25, 0.3) is 11.5 Å². The molecule has 1 aromatic carbocycles. The van der Waals surface area contributed by atoms with Crippen LogP contribution < -0.4 is 5.32 Å². The molecule has 3 rings (SSSR count). The molecule has 1 aliphatic rings. The molecule has 26 heavy (non-hydrogen) atoms. The van der Waals surface area contributed by atoms with Gasteiger partial charge < -0.3 is 14.6 Å². The monoisotopic (exact) mass is 358 g/mol. The van der Waals surface area contributed by atoms with Gasteiger partial charge in [-0.3, -0.25) is 4.99 Å². The van der Waals surface area contributed by atoms with Crippen molar-refractivity contribution in [3.63, 3.8) is 0 Å². The molecule has 2 heterocycles. The highest BCUT2D eigenvalue weighted by atomic mass is 19.1. The lowest BCUT2D eigenvalue weighted by molar-refractivity contribution is 0.273. The first-order chi connectivity index (χ1) is 12.7. The molecule has 0 unspecified atom stereocenters. The lowest BCUT2D eigenvalue weighted by Crippen LogP contribution is -2.45. The van der Waals surface area contributed by atoms with Crippen LogP contribution in [0.3, 0.4) is 0 Å². The molecular weight excluding hydrogens is 331 g/mol. The highest BCUT2D eigenvalue weighted by Gasteiger charge is 2.18. The number of hydrogen-bond acceptors (Lipinski definition) is 3. The van der Waals surface area contributed by atoms with Gasteiger partial charge in [0.25, 0.3) is 0 Å². The summed E-state index contributed by atoms with van der Waals surface area (Å²) in [7, 11) is 0. The highest BCUT2D eigenvalue weighted by molar-refractivity contribution is 5.80. The van der Waals surface area contributed by atoms with Gasteiger partial charge in [0, 0.05) is 38.2 Å². The van der Waals surface area contributed by atoms with E-state index < -0.39 is 0 Å². The van der Waals surface area contributed by atoms with Crippen LogP contribution in [0.2, 0.25) is 0 Å². The molecule has 1 saturated heterocycles. The maximum Gasteiger partial charge on any atom is 0.226 e. The first kappa shape index (κ1) is 18.4. The second-order valence-corrected chi connectivity index (χ2v) is 6.81. The molecule has 0 aliphatic carbocycles. The third kappa shape index (κ3) is 4.84. The fraction of sp³-hybridized carbons (Fsp3) is 0.500. The van der Waals surface area contributed by atoms with Gasteiger partial charge in [-0.25, -0.2) is 9.37 Å². The van der Waals surface area contributed by atoms with E-state index in [0.717, 1.165) is 42.8 Å². The summed E-state index contributed by atoms with van der Waals surface area (Å²) in [5.41, 5.74) is 1.63. The fourth-order valence-electron chi connectivity index (χ4n) is 3.07. The summed E-state index contributed by atoms with van der Waals surface area (Å²) in [6, 6.07) is 6.16. The summed E-state index contributed by atoms with van der Waals surface area (Å²) in [5.74, 6) is 2.04. The third-order valence-corrected chi connectivity index (χ3v) is 4.69. The molecule has 0 bridgehead atoms. The number of aliphatic imine (C=N–C) groups is 1. The van der Waals surface area contributed by atoms with Gasteiger partial charge in [-0.2, -0.15) is 0 Å². The lowest BCUT2D eigenvalue weighted by Gasteiger charge is -2.33. The van der Waals surface area contributed by atoms with Crippen molar-refractivity contribution < 1.29 is 8.81 Å². The van der Waals surface area contributed by atoms with E-state index >= 15 is 0 Å². The van der Waals surface area contributed by atoms with E-state index in [9.17, 15) is 4.39 Å². The summed E-state index contributed by atoms with van der Waals surface area (Å²) in [6.45, 7) is 8.05. The Bertz CT molecular complexity index is 718. The van der Waals surface area contributed by atoms with Crippen molar-refractivity contribution in [2.75, 3.05) is 26.2 Å². The quantitative estimate of drug-likeness (QED) is 0.654. The Morgan fingerprint density at radius 3 is 2.73 bits per heavy atom. The average molecular weight is 358 g/mol. The van der Waals surface area contributed by atoms with Crippen LogP contribution in [0.4, 0.5) is 4.39 Å². The minimum absolute atomic E-state index is 0.266. The zero-order chi connectivity index (χ0) is 18.4. The molecule has 0 atom stereocenters. The number of nitrogens with zero attached hydrogens (tertiary/aromatic N) is 3. The van der Waals surface area contributed by atoms with Gasteiger partial charge in [0.15, 0.2) is 5.96 Å². The molecule has 0 amide bonds. The SMILES string of the molecule is CCNC(=NCCc1coc(-c2ccc(F)cc2)n1)N1CCC(C)CC1. The smallest absolute Gasteiger partial charge is 0.226 e. The van der Waals surface area contributed by atoms with Crippen molar-refractivity contribution in [3.8, 4) is 11.5 Å². The van der Waals surface area contributed by atoms with E-state index in [0.29, 0.717) is 18.9 Å². The predicted octanol–water partition coefficient (Wildman–Crippen LogP) is 3.72. The Morgan fingerprint density at radius 1 is 1.31 bits per heavy atom. The molecule has 0 saturated carbocycles. The van der Waals surface area contributed by atoms with E-state index in [1.807, 2.05) is 0 Å². The number of likely N-dealkylation sites (tertiary alicyclic amines) is 1. The summed E-state index contributed by atoms with van der Waals surface area (Å²) in [4.78, 5) is 11.6. The molecule has 1 aliphatic heterocycles. The topological polar surface area (TPSA) is 53.7 Å². The van der Waals surface area contributed by atoms with Crippen molar-refractivity contribution >= 4 is 5.96 Å². The number of rotatable bonds is 5. The van der Waals surface area contributed by atoms with Gasteiger partial charge >= 0.3 is 0 Å². The molecule has 6 heteroatoms. The molecule has 2 aromatic rings. The molecule has 1 aromatic heterocycles. The third-order valence-electron chi connectivity index (χ3n) is 4.69. The van der Waals surface area contributed by atoms with Gasteiger partial charge in [-0.1, -0.05) is 6.92 Å². The molecule has 1 N–H and O–H groups in total. The van der Waals surface area contributed by atoms with Gasteiger partial charge in [0.1, 0.15) is 12.1 Å². The van der Waals surface area contributed by atoms with Gasteiger partial charge in [0.2, 0.25) is 5.89 Å². The second-order valence-electron chi connectivity index (χ2n) is 6.81. The van der Waals surface area contributed by atoms with E-state index in [4.69, 9.17) is 9.41 Å². The van der Waals surface area contributed by atoms with Crippen LogP contribution >= 0.6 is 0 Å². The van der Waals surface area contributed by atoms with Crippen LogP contribution in [0.1, 0.15) is 32.4 Å². The number of piperidine rings is 1. The molecule has 5 nitrogen and oxygen atoms in total. The van der Waals surface area contributed by atoms with E-state index in [1.165, 1.54) is 25.0 Å². The van der Waals surface area contributed by atoms with Crippen LogP contribution in [-0.4, -0.2) is 42.0 Å². The predicted molar refractivity (Wildman–Crippen MR) is 102 cm³/mol. The average Bonchev–Trinajstić information content (AvgIpc) is 3.11. The van der Waals surface area contributed by atoms with Crippen molar-refractivity contribution in [1.29, 1.82) is 0 Å². The van der Waals surface area contributed by atoms with Crippen molar-refractivity contribution in [3.05, 3.63) is 42.0 Å². The van der Waals surface area contributed by atoms with Gasteiger partial charge in [-0.15, -0.1) is 0 Å². The Balaban J connectivity index is 1.58. The lowest BCUT2D eigenvalue weighted by atomic mass is 10.00. The van der Waals surface area contributed by atoms with Crippen LogP contribution in [0.15, 0.2) is 39.9 Å². The van der Waals surface area contributed by atoms with E-state index in [1.54, 1.807) is 18.4 Å². The van der Waals surface area contributed by atoms with Crippen molar-refractivity contribution in [1.82, 2.24) is 15.2 Å². The van der Waals surface area contributed by atoms with Gasteiger partial charge in [0.05, 0.1) is 5.69 Å². The molecule has 0 spiro atoms. The Morgan fingerprint density at radius 2 is 2.04 bits per heavy atom. The van der Waals surface area contributed by atoms with Gasteiger partial charge in [-0.05, 0) is 49.9 Å². The largest absolute Gasteiger partial charge is 0.444 e. The van der Waals surface area contributed by atoms with Crippen LogP contribution in [0, 0.1) is 11.7 Å². The Kier molecular flexibility index (Phi) is 6.26. The zero-order valence-electron chi connectivity index (χ0n) is 15.5. The number of hydrogen-bond donors (Lipinski definition) is 1. The van der Waals surface area contributed by atoms with Crippen LogP contribution in [-0.2, 0) is 6.42 Å². The second kappa shape index (κ2) is 8.83. The Labute approximate surface area is 154 Å². The number of aromatic nitrogens is 1. The zero-order valence-corrected chi connectivity index (χ0v) is 15.5. The highest BCUT2D eigenvalue weighted by Crippen LogP contribution is 2.19. The van der Waals surface area contributed by atoms with E-state index in [-0.39, 0.29) is 5.82 Å². The molecule has 140 valence electrons. The maximum atomic E-state index is 13.0. The standard InChI is InChI=1S/C20H27FN4O/c1-3-22-20(25-12-9-15(2)10-13-25)23-11-8-18-14-26-19(24-18)16-4-6-17(21)7-5-16/h4-7,14-15H,3,8-13H2,1-2H3,(H,22,23). The number of benzene rings is 1. The van der Waals surface area contributed by atoms with Crippen molar-refractivity contribution in [2.45, 2.75) is 33.1 Å². The molecular formula is C20H27FN4O. The summed E-state index contributed by atoms with van der Waals surface area (Å²) in [5, 5.41) is 3.39. The number of guanidine groups is 1. The number of nitrogens with one attached hydrogen (secondary N) is 1. The summed E-state index contributed by atoms with van der Waals surface area (Å²) >= 11 is 0.